The second-order valence-electron chi connectivity index (χ2n) is 8.59. The molecule has 2 aliphatic rings. The van der Waals surface area contributed by atoms with Gasteiger partial charge in [0.15, 0.2) is 0 Å². The van der Waals surface area contributed by atoms with E-state index in [1.54, 1.807) is 17.0 Å². The lowest BCUT2D eigenvalue weighted by atomic mass is 10.0. The van der Waals surface area contributed by atoms with E-state index >= 15 is 0 Å². The van der Waals surface area contributed by atoms with Crippen molar-refractivity contribution in [3.05, 3.63) is 35.6 Å². The molecule has 0 bridgehead atoms. The second kappa shape index (κ2) is 10.6. The Hall–Kier alpha value is -1.58. The largest absolute Gasteiger partial charge is 0.394 e. The summed E-state index contributed by atoms with van der Waals surface area (Å²) in [6.45, 7) is 10.6. The smallest absolute Gasteiger partial charge is 0.256 e. The van der Waals surface area contributed by atoms with Gasteiger partial charge in [-0.25, -0.2) is 4.39 Å². The summed E-state index contributed by atoms with van der Waals surface area (Å²) in [6.07, 6.45) is -0.190. The van der Waals surface area contributed by atoms with Crippen LogP contribution in [0.2, 0.25) is 0 Å². The van der Waals surface area contributed by atoms with Crippen LogP contribution in [0.3, 0.4) is 0 Å². The number of benzene rings is 1. The summed E-state index contributed by atoms with van der Waals surface area (Å²) in [6, 6.07) is 6.11. The summed E-state index contributed by atoms with van der Waals surface area (Å²) in [5.41, 5.74) is -0.265. The molecule has 168 valence electrons. The van der Waals surface area contributed by atoms with Gasteiger partial charge in [0.05, 0.1) is 38.1 Å². The van der Waals surface area contributed by atoms with Crippen molar-refractivity contribution in [1.82, 2.24) is 14.7 Å². The number of carbonyl (C=O) groups excluding carboxylic acids is 1. The SMILES string of the molecule is CC(C)(CO)N1CCOC(CN(CCN2CCOCC2)C(=O)c2ccccc2F)C1. The molecule has 7 nitrogen and oxygen atoms in total. The summed E-state index contributed by atoms with van der Waals surface area (Å²) in [4.78, 5) is 19.3. The molecular weight excluding hydrogens is 389 g/mol. The Morgan fingerprint density at radius 2 is 1.97 bits per heavy atom. The minimum atomic E-state index is -0.508. The summed E-state index contributed by atoms with van der Waals surface area (Å²) < 4.78 is 25.6. The van der Waals surface area contributed by atoms with E-state index in [-0.39, 0.29) is 29.7 Å². The Bertz CT molecular complexity index is 697. The zero-order valence-electron chi connectivity index (χ0n) is 18.1. The van der Waals surface area contributed by atoms with E-state index in [0.717, 1.165) is 19.6 Å². The van der Waals surface area contributed by atoms with Crippen LogP contribution >= 0.6 is 0 Å². The molecule has 1 aromatic carbocycles. The Morgan fingerprint density at radius 3 is 2.67 bits per heavy atom. The third-order valence-electron chi connectivity index (χ3n) is 5.99. The van der Waals surface area contributed by atoms with Gasteiger partial charge in [-0.2, -0.15) is 0 Å². The Balaban J connectivity index is 1.70. The minimum absolute atomic E-state index is 0.0502. The van der Waals surface area contributed by atoms with Crippen molar-refractivity contribution < 1.29 is 23.8 Å². The van der Waals surface area contributed by atoms with E-state index in [1.165, 1.54) is 12.1 Å². The maximum Gasteiger partial charge on any atom is 0.256 e. The quantitative estimate of drug-likeness (QED) is 0.675. The van der Waals surface area contributed by atoms with E-state index in [4.69, 9.17) is 9.47 Å². The number of morpholine rings is 2. The maximum absolute atomic E-state index is 14.3. The van der Waals surface area contributed by atoms with Gasteiger partial charge in [-0.1, -0.05) is 12.1 Å². The van der Waals surface area contributed by atoms with Gasteiger partial charge < -0.3 is 19.5 Å². The summed E-state index contributed by atoms with van der Waals surface area (Å²) in [5.74, 6) is -0.824. The first kappa shape index (κ1) is 23.1. The lowest BCUT2D eigenvalue weighted by Gasteiger charge is -2.43. The molecule has 1 aromatic rings. The number of nitrogens with zero attached hydrogens (tertiary/aromatic N) is 3. The third-order valence-corrected chi connectivity index (χ3v) is 5.99. The normalized spacial score (nSPS) is 21.5. The highest BCUT2D eigenvalue weighted by molar-refractivity contribution is 5.94. The molecule has 1 atom stereocenters. The average molecular weight is 424 g/mol. The molecule has 1 amide bonds. The fourth-order valence-electron chi connectivity index (χ4n) is 3.89. The van der Waals surface area contributed by atoms with Crippen LogP contribution in [0, 0.1) is 5.82 Å². The standard InChI is InChI=1S/C22H34FN3O4/c1-22(2,17-27)26-11-14-30-18(16-26)15-25(8-7-24-9-12-29-13-10-24)21(28)19-5-3-4-6-20(19)23/h3-6,18,27H,7-17H2,1-2H3. The lowest BCUT2D eigenvalue weighted by Crippen LogP contribution is -2.57. The number of rotatable bonds is 8. The van der Waals surface area contributed by atoms with Crippen molar-refractivity contribution in [2.24, 2.45) is 0 Å². The second-order valence-corrected chi connectivity index (χ2v) is 8.59. The van der Waals surface area contributed by atoms with Gasteiger partial charge in [0.2, 0.25) is 0 Å². The number of halogens is 1. The fraction of sp³-hybridized carbons (Fsp3) is 0.682. The molecule has 3 rings (SSSR count). The topological polar surface area (TPSA) is 65.5 Å². The monoisotopic (exact) mass is 423 g/mol. The lowest BCUT2D eigenvalue weighted by molar-refractivity contribution is -0.0802. The number of hydrogen-bond acceptors (Lipinski definition) is 6. The molecule has 0 spiro atoms. The number of carbonyl (C=O) groups is 1. The van der Waals surface area contributed by atoms with E-state index in [2.05, 4.69) is 9.80 Å². The predicted octanol–water partition coefficient (Wildman–Crippen LogP) is 1.07. The van der Waals surface area contributed by atoms with Crippen LogP contribution in [0.4, 0.5) is 4.39 Å². The van der Waals surface area contributed by atoms with Crippen LogP contribution in [0.1, 0.15) is 24.2 Å². The summed E-state index contributed by atoms with van der Waals surface area (Å²) in [5, 5.41) is 9.71. The maximum atomic E-state index is 14.3. The molecule has 2 heterocycles. The Morgan fingerprint density at radius 1 is 1.23 bits per heavy atom. The minimum Gasteiger partial charge on any atom is -0.394 e. The van der Waals surface area contributed by atoms with Crippen molar-refractivity contribution in [2.75, 3.05) is 72.2 Å². The molecule has 2 aliphatic heterocycles. The molecule has 1 N–H and O–H groups in total. The summed E-state index contributed by atoms with van der Waals surface area (Å²) >= 11 is 0. The molecule has 2 fully saturated rings. The molecule has 0 aliphatic carbocycles. The van der Waals surface area contributed by atoms with Crippen LogP contribution < -0.4 is 0 Å². The molecule has 0 saturated carbocycles. The van der Waals surface area contributed by atoms with Gasteiger partial charge in [0.25, 0.3) is 5.91 Å². The summed E-state index contributed by atoms with van der Waals surface area (Å²) in [7, 11) is 0. The highest BCUT2D eigenvalue weighted by Crippen LogP contribution is 2.19. The third kappa shape index (κ3) is 5.98. The zero-order valence-corrected chi connectivity index (χ0v) is 18.1. The van der Waals surface area contributed by atoms with E-state index < -0.39 is 5.82 Å². The van der Waals surface area contributed by atoms with Crippen molar-refractivity contribution in [3.63, 3.8) is 0 Å². The Kier molecular flexibility index (Phi) is 8.19. The van der Waals surface area contributed by atoms with Gasteiger partial charge in [-0.15, -0.1) is 0 Å². The van der Waals surface area contributed by atoms with E-state index in [0.29, 0.717) is 46.0 Å². The number of hydrogen-bond donors (Lipinski definition) is 1. The van der Waals surface area contributed by atoms with Gasteiger partial charge in [0.1, 0.15) is 5.82 Å². The van der Waals surface area contributed by atoms with Crippen LogP contribution in [0.5, 0.6) is 0 Å². The first-order chi connectivity index (χ1) is 14.4. The van der Waals surface area contributed by atoms with Crippen molar-refractivity contribution >= 4 is 5.91 Å². The molecular formula is C22H34FN3O4. The number of amides is 1. The Labute approximate surface area is 178 Å². The molecule has 0 aromatic heterocycles. The molecule has 1 unspecified atom stereocenters. The van der Waals surface area contributed by atoms with Gasteiger partial charge >= 0.3 is 0 Å². The van der Waals surface area contributed by atoms with Crippen LogP contribution in [-0.2, 0) is 9.47 Å². The number of aliphatic hydroxyl groups excluding tert-OH is 1. The number of aliphatic hydroxyl groups is 1. The van der Waals surface area contributed by atoms with E-state index in [9.17, 15) is 14.3 Å². The molecule has 0 radical (unpaired) electrons. The average Bonchev–Trinajstić information content (AvgIpc) is 2.77. The zero-order chi connectivity index (χ0) is 21.6. The first-order valence-electron chi connectivity index (χ1n) is 10.7. The van der Waals surface area contributed by atoms with Gasteiger partial charge in [0, 0.05) is 51.4 Å². The van der Waals surface area contributed by atoms with Crippen LogP contribution in [0.25, 0.3) is 0 Å². The van der Waals surface area contributed by atoms with E-state index in [1.807, 2.05) is 13.8 Å². The van der Waals surface area contributed by atoms with Gasteiger partial charge in [-0.05, 0) is 26.0 Å². The van der Waals surface area contributed by atoms with Crippen LogP contribution in [-0.4, -0.2) is 110 Å². The van der Waals surface area contributed by atoms with Gasteiger partial charge in [-0.3, -0.25) is 14.6 Å². The highest BCUT2D eigenvalue weighted by atomic mass is 19.1. The predicted molar refractivity (Wildman–Crippen MR) is 112 cm³/mol. The van der Waals surface area contributed by atoms with Crippen molar-refractivity contribution in [1.29, 1.82) is 0 Å². The van der Waals surface area contributed by atoms with Crippen molar-refractivity contribution in [2.45, 2.75) is 25.5 Å². The fourth-order valence-corrected chi connectivity index (χ4v) is 3.89. The first-order valence-corrected chi connectivity index (χ1v) is 10.7. The highest BCUT2D eigenvalue weighted by Gasteiger charge is 2.33. The van der Waals surface area contributed by atoms with Crippen molar-refractivity contribution in [3.8, 4) is 0 Å². The van der Waals surface area contributed by atoms with Crippen LogP contribution in [0.15, 0.2) is 24.3 Å². The molecule has 30 heavy (non-hydrogen) atoms. The number of ether oxygens (including phenoxy) is 2. The molecule has 8 heteroatoms. The molecule has 2 saturated heterocycles.